The van der Waals surface area contributed by atoms with Crippen molar-refractivity contribution in [2.24, 2.45) is 0 Å². The van der Waals surface area contributed by atoms with E-state index in [0.717, 1.165) is 50.3 Å². The maximum absolute atomic E-state index is 9.67. The first-order chi connectivity index (χ1) is 16.3. The Kier molecular flexibility index (Phi) is 3.53. The lowest BCUT2D eigenvalue weighted by Gasteiger charge is -2.06. The fourth-order valence-electron chi connectivity index (χ4n) is 4.66. The fraction of sp³-hybridized carbons (Fsp3) is 0. The van der Waals surface area contributed by atoms with E-state index in [1.807, 2.05) is 72.8 Å². The number of nitrogens with zero attached hydrogens (tertiary/aromatic N) is 6. The van der Waals surface area contributed by atoms with E-state index in [1.165, 1.54) is 0 Å². The Morgan fingerprint density at radius 3 is 1.79 bits per heavy atom. The van der Waals surface area contributed by atoms with Crippen molar-refractivity contribution in [3.63, 3.8) is 0 Å². The number of nitriles is 1. The van der Waals surface area contributed by atoms with E-state index in [2.05, 4.69) is 43.7 Å². The molecule has 154 valence electrons. The molecule has 0 aliphatic heterocycles. The molecular weight excluding hydrogens is 408 g/mol. The Morgan fingerprint density at radius 1 is 0.576 bits per heavy atom. The molecule has 0 atom stereocenters. The summed E-state index contributed by atoms with van der Waals surface area (Å²) in [6.45, 7) is 0. The topological polar surface area (TPSA) is 63.3 Å². The van der Waals surface area contributed by atoms with Crippen molar-refractivity contribution in [1.82, 2.24) is 23.3 Å². The molecule has 0 N–H and O–H groups in total. The Labute approximate surface area is 187 Å². The van der Waals surface area contributed by atoms with Crippen LogP contribution in [0.4, 0.5) is 0 Å². The standard InChI is InChI=1S/C27H16N6/c28-17-18-14-15-24-25(16-18)33-23-13-7-5-11-21(23)30-27(33)31(19-8-2-1-3-9-19)26-29-20-10-4-6-12-22(20)32(24)26/h1-16H. The normalized spacial score (nSPS) is 11.6. The lowest BCUT2D eigenvalue weighted by atomic mass is 10.2. The van der Waals surface area contributed by atoms with Gasteiger partial charge in [0.2, 0.25) is 11.6 Å². The van der Waals surface area contributed by atoms with Crippen LogP contribution in [0.3, 0.4) is 0 Å². The summed E-state index contributed by atoms with van der Waals surface area (Å²) in [6.07, 6.45) is 0. The first-order valence-electron chi connectivity index (χ1n) is 10.7. The molecule has 0 aliphatic rings. The lowest BCUT2D eigenvalue weighted by molar-refractivity contribution is 1.03. The lowest BCUT2D eigenvalue weighted by Crippen LogP contribution is -2.01. The molecule has 0 radical (unpaired) electrons. The molecule has 0 fully saturated rings. The molecule has 0 spiro atoms. The number of rotatable bonds is 1. The summed E-state index contributed by atoms with van der Waals surface area (Å²) in [4.78, 5) is 10.1. The first kappa shape index (κ1) is 17.8. The van der Waals surface area contributed by atoms with E-state index in [0.29, 0.717) is 5.56 Å². The summed E-state index contributed by atoms with van der Waals surface area (Å²) in [5.41, 5.74) is 7.13. The van der Waals surface area contributed by atoms with Gasteiger partial charge in [-0.3, -0.25) is 8.80 Å². The van der Waals surface area contributed by atoms with Crippen molar-refractivity contribution in [3.8, 4) is 11.8 Å². The Morgan fingerprint density at radius 2 is 1.15 bits per heavy atom. The average molecular weight is 424 g/mol. The van der Waals surface area contributed by atoms with Gasteiger partial charge in [-0.25, -0.2) is 14.5 Å². The highest BCUT2D eigenvalue weighted by atomic mass is 15.3. The number of aromatic nitrogens is 5. The highest BCUT2D eigenvalue weighted by Gasteiger charge is 2.18. The summed E-state index contributed by atoms with van der Waals surface area (Å²) in [5, 5.41) is 9.67. The van der Waals surface area contributed by atoms with Crippen LogP contribution in [0.2, 0.25) is 0 Å². The van der Waals surface area contributed by atoms with E-state index in [1.54, 1.807) is 0 Å². The van der Waals surface area contributed by atoms with E-state index >= 15 is 0 Å². The molecule has 4 aromatic carbocycles. The summed E-state index contributed by atoms with van der Waals surface area (Å²) in [6, 6.07) is 34.4. The Hall–Kier alpha value is -4.89. The number of hydrogen-bond donors (Lipinski definition) is 0. The van der Waals surface area contributed by atoms with Gasteiger partial charge < -0.3 is 0 Å². The monoisotopic (exact) mass is 424 g/mol. The first-order valence-corrected chi connectivity index (χ1v) is 10.7. The maximum atomic E-state index is 9.67. The van der Waals surface area contributed by atoms with E-state index in [-0.39, 0.29) is 0 Å². The Balaban J connectivity index is 1.91. The smallest absolute Gasteiger partial charge is 0.223 e. The summed E-state index contributed by atoms with van der Waals surface area (Å²) in [5.74, 6) is 1.48. The van der Waals surface area contributed by atoms with Gasteiger partial charge in [0.05, 0.1) is 50.4 Å². The molecule has 0 bridgehead atoms. The van der Waals surface area contributed by atoms with Crippen LogP contribution in [-0.4, -0.2) is 23.3 Å². The van der Waals surface area contributed by atoms with Gasteiger partial charge in [-0.15, -0.1) is 0 Å². The molecular formula is C27H16N6. The maximum Gasteiger partial charge on any atom is 0.223 e. The van der Waals surface area contributed by atoms with Crippen molar-refractivity contribution in [3.05, 3.63) is 103 Å². The van der Waals surface area contributed by atoms with Crippen LogP contribution in [0.25, 0.3) is 50.3 Å². The molecule has 7 aromatic rings. The number of para-hydroxylation sites is 5. The molecule has 0 saturated carbocycles. The van der Waals surface area contributed by atoms with Crippen LogP contribution in [0, 0.1) is 11.3 Å². The Bertz CT molecular complexity index is 1930. The predicted molar refractivity (Wildman–Crippen MR) is 129 cm³/mol. The minimum atomic E-state index is 0.594. The van der Waals surface area contributed by atoms with Crippen LogP contribution < -0.4 is 0 Å². The van der Waals surface area contributed by atoms with Gasteiger partial charge in [-0.1, -0.05) is 42.5 Å². The summed E-state index contributed by atoms with van der Waals surface area (Å²) >= 11 is 0. The molecule has 6 nitrogen and oxygen atoms in total. The second kappa shape index (κ2) is 6.55. The van der Waals surface area contributed by atoms with Gasteiger partial charge in [0.25, 0.3) is 0 Å². The average Bonchev–Trinajstić information content (AvgIpc) is 3.40. The zero-order valence-corrected chi connectivity index (χ0v) is 17.4. The predicted octanol–water partition coefficient (Wildman–Crippen LogP) is 5.67. The zero-order chi connectivity index (χ0) is 21.9. The van der Waals surface area contributed by atoms with Crippen LogP contribution in [0.5, 0.6) is 0 Å². The summed E-state index contributed by atoms with van der Waals surface area (Å²) in [7, 11) is 0. The largest absolute Gasteiger partial charge is 0.276 e. The van der Waals surface area contributed by atoms with Crippen LogP contribution in [-0.2, 0) is 0 Å². The van der Waals surface area contributed by atoms with Gasteiger partial charge in [-0.2, -0.15) is 5.26 Å². The number of imidazole rings is 2. The van der Waals surface area contributed by atoms with Crippen LogP contribution in [0.1, 0.15) is 5.56 Å². The number of fused-ring (bicyclic) bond motifs is 9. The second-order valence-electron chi connectivity index (χ2n) is 7.96. The van der Waals surface area contributed by atoms with E-state index in [9.17, 15) is 5.26 Å². The molecule has 33 heavy (non-hydrogen) atoms. The van der Waals surface area contributed by atoms with E-state index < -0.39 is 0 Å². The molecule has 3 heterocycles. The molecule has 0 aliphatic carbocycles. The van der Waals surface area contributed by atoms with Crippen LogP contribution >= 0.6 is 0 Å². The SMILES string of the molecule is N#Cc1ccc2c(c1)n1c3ccccc3nc1n(-c1ccccc1)c1nc3ccccc3n21. The highest BCUT2D eigenvalue weighted by molar-refractivity contribution is 5.93. The molecule has 0 saturated heterocycles. The third-order valence-corrected chi connectivity index (χ3v) is 6.09. The number of hydrogen-bond acceptors (Lipinski definition) is 3. The van der Waals surface area contributed by atoms with Crippen molar-refractivity contribution < 1.29 is 0 Å². The third kappa shape index (κ3) is 2.42. The minimum absolute atomic E-state index is 0.594. The van der Waals surface area contributed by atoms with Gasteiger partial charge in [0.15, 0.2) is 0 Å². The van der Waals surface area contributed by atoms with Crippen molar-refractivity contribution in [2.75, 3.05) is 0 Å². The van der Waals surface area contributed by atoms with Gasteiger partial charge in [-0.05, 0) is 54.6 Å². The van der Waals surface area contributed by atoms with Crippen molar-refractivity contribution >= 4 is 44.7 Å². The molecule has 0 unspecified atom stereocenters. The van der Waals surface area contributed by atoms with Crippen molar-refractivity contribution in [1.29, 1.82) is 5.26 Å². The highest BCUT2D eigenvalue weighted by Crippen LogP contribution is 2.29. The second-order valence-corrected chi connectivity index (χ2v) is 7.96. The molecule has 6 heteroatoms. The fourth-order valence-corrected chi connectivity index (χ4v) is 4.66. The molecule has 3 aromatic heterocycles. The summed E-state index contributed by atoms with van der Waals surface area (Å²) < 4.78 is 6.37. The van der Waals surface area contributed by atoms with Gasteiger partial charge in [0, 0.05) is 0 Å². The van der Waals surface area contributed by atoms with Crippen molar-refractivity contribution in [2.45, 2.75) is 0 Å². The van der Waals surface area contributed by atoms with Gasteiger partial charge in [0.1, 0.15) is 0 Å². The molecule has 0 amide bonds. The van der Waals surface area contributed by atoms with Gasteiger partial charge >= 0.3 is 0 Å². The quantitative estimate of drug-likeness (QED) is 0.341. The van der Waals surface area contributed by atoms with E-state index in [4.69, 9.17) is 9.97 Å². The third-order valence-electron chi connectivity index (χ3n) is 6.09. The minimum Gasteiger partial charge on any atom is -0.276 e. The zero-order valence-electron chi connectivity index (χ0n) is 17.4. The molecule has 7 rings (SSSR count). The van der Waals surface area contributed by atoms with Crippen LogP contribution in [0.15, 0.2) is 97.1 Å². The number of benzene rings is 4.